The van der Waals surface area contributed by atoms with E-state index in [0.29, 0.717) is 0 Å². The Bertz CT molecular complexity index is 1140. The molecule has 2 saturated heterocycles. The Kier molecular flexibility index (Phi) is 1.37. The van der Waals surface area contributed by atoms with Crippen LogP contribution in [0.1, 0.15) is 67.8 Å². The molecule has 6 heteroatoms. The molecule has 0 unspecified atom stereocenters. The molecule has 2 fully saturated rings. The molecule has 0 aromatic heterocycles. The Morgan fingerprint density at radius 1 is 1.41 bits per heavy atom. The zero-order chi connectivity index (χ0) is 34.8. The minimum atomic E-state index is -4.75. The topological polar surface area (TPSA) is 61.9 Å². The molecule has 1 N–H and O–H groups in total. The van der Waals surface area contributed by atoms with Crippen molar-refractivity contribution in [1.82, 2.24) is 15.1 Å². The number of rotatable bonds is 1. The molecule has 0 bridgehead atoms. The molecule has 126 valence electrons. The Labute approximate surface area is 162 Å². The van der Waals surface area contributed by atoms with Crippen LogP contribution in [0.25, 0.3) is 0 Å². The molecule has 0 aliphatic carbocycles. The third-order valence-corrected chi connectivity index (χ3v) is 2.15. The van der Waals surface area contributed by atoms with Crippen LogP contribution in [0.3, 0.4) is 0 Å². The van der Waals surface area contributed by atoms with Crippen LogP contribution in [-0.2, 0) is 9.53 Å². The molecule has 0 aromatic rings. The van der Waals surface area contributed by atoms with Gasteiger partial charge < -0.3 is 19.8 Å². The summed E-state index contributed by atoms with van der Waals surface area (Å²) in [5.41, 5.74) is -1.79. The summed E-state index contributed by atoms with van der Waals surface area (Å²) >= 11 is 0. The van der Waals surface area contributed by atoms with Gasteiger partial charge >= 0.3 is 6.09 Å². The van der Waals surface area contributed by atoms with Crippen LogP contribution in [0.5, 0.6) is 0 Å². The number of piperazine rings is 1. The highest BCUT2D eigenvalue weighted by molar-refractivity contribution is 5.80. The van der Waals surface area contributed by atoms with E-state index in [1.165, 1.54) is 0 Å². The van der Waals surface area contributed by atoms with Crippen LogP contribution in [0.15, 0.2) is 0 Å². The van der Waals surface area contributed by atoms with Gasteiger partial charge in [0.2, 0.25) is 5.91 Å². The normalized spacial score (nSPS) is 60.5. The lowest BCUT2D eigenvalue weighted by Crippen LogP contribution is -2.55. The Morgan fingerprint density at radius 3 is 2.77 bits per heavy atom. The van der Waals surface area contributed by atoms with Crippen molar-refractivity contribution in [3.63, 3.8) is 0 Å². The summed E-state index contributed by atoms with van der Waals surface area (Å²) in [6.45, 7) is -24.1. The number of nitrogens with zero attached hydrogens (tertiary/aromatic N) is 2. The molecule has 2 heterocycles. The molecular formula is C16H29N3O3. The lowest BCUT2D eigenvalue weighted by molar-refractivity contribution is -0.140. The third kappa shape index (κ3) is 4.35. The number of nitrogens with one attached hydrogen (secondary N) is 1. The highest BCUT2D eigenvalue weighted by atomic mass is 16.6. The molecule has 0 spiro atoms. The maximum Gasteiger partial charge on any atom is 0.410 e. The van der Waals surface area contributed by atoms with Gasteiger partial charge in [-0.3, -0.25) is 4.79 Å². The Balaban J connectivity index is 3.06. The van der Waals surface area contributed by atoms with Crippen LogP contribution in [0, 0.1) is 5.89 Å². The Morgan fingerprint density at radius 2 is 2.14 bits per heavy atom. The number of likely N-dealkylation sites (tertiary alicyclic amines) is 1. The number of ether oxygens (including phenoxy) is 1. The van der Waals surface area contributed by atoms with Crippen LogP contribution >= 0.6 is 0 Å². The van der Waals surface area contributed by atoms with Crippen molar-refractivity contribution in [2.24, 2.45) is 5.89 Å². The quantitative estimate of drug-likeness (QED) is 0.789. The van der Waals surface area contributed by atoms with Crippen molar-refractivity contribution in [3.05, 3.63) is 0 Å². The molecule has 22 heavy (non-hydrogen) atoms. The summed E-state index contributed by atoms with van der Waals surface area (Å²) in [7, 11) is 0. The summed E-state index contributed by atoms with van der Waals surface area (Å²) in [6, 6.07) is -4.48. The molecule has 1 atom stereocenters. The number of piperidine rings is 1. The number of hydrogen-bond donors (Lipinski definition) is 1. The van der Waals surface area contributed by atoms with Crippen molar-refractivity contribution in [3.8, 4) is 0 Å². The van der Waals surface area contributed by atoms with Crippen LogP contribution < -0.4 is 5.31 Å². The van der Waals surface area contributed by atoms with Gasteiger partial charge in [-0.1, -0.05) is 0 Å². The molecule has 2 amide bonds. The minimum absolute atomic E-state index is 0.707. The monoisotopic (exact) mass is 332 g/mol. The van der Waals surface area contributed by atoms with Crippen molar-refractivity contribution in [2.75, 3.05) is 32.5 Å². The van der Waals surface area contributed by atoms with Crippen LogP contribution in [-0.4, -0.2) is 65.9 Å². The van der Waals surface area contributed by atoms with Gasteiger partial charge in [0.15, 0.2) is 0 Å². The lowest BCUT2D eigenvalue weighted by Gasteiger charge is -2.39. The molecule has 2 aliphatic heterocycles. The SMILES string of the molecule is [2H]CC(C)(C)OC(=O)N1C([2H])([2H])C([2H])([2H])C([2H])(C(=O)N2C([2H])([2H])C([2H])([2H])N([2H])C([2H])([2H])[C@]2([2H])C([2H])([2H])[2H])C([2H])([2H])C1([2H])[2H]. The number of hydrogen-bond acceptors (Lipinski definition) is 4. The lowest BCUT2D eigenvalue weighted by atomic mass is 9.94. The molecule has 0 saturated carbocycles. The number of amides is 2. The second kappa shape index (κ2) is 6.86. The van der Waals surface area contributed by atoms with Gasteiger partial charge in [0.1, 0.15) is 7.01 Å². The van der Waals surface area contributed by atoms with Crippen molar-refractivity contribution < 1.29 is 43.2 Å². The fraction of sp³-hybridized carbons (Fsp3) is 0.875. The molecular weight excluding hydrogens is 282 g/mol. The fourth-order valence-electron chi connectivity index (χ4n) is 1.29. The highest BCUT2D eigenvalue weighted by Crippen LogP contribution is 2.22. The maximum atomic E-state index is 14.1. The molecule has 2 rings (SSSR count). The summed E-state index contributed by atoms with van der Waals surface area (Å²) in [5.74, 6) is -7.68. The average Bonchev–Trinajstić information content (AvgIpc) is 2.79. The number of carbonyl (C=O) groups excluding carboxylic acids is 2. The van der Waals surface area contributed by atoms with Crippen molar-refractivity contribution >= 4 is 12.0 Å². The second-order valence-corrected chi connectivity index (χ2v) is 4.75. The first-order chi connectivity index (χ1) is 18.5. The standard InChI is InChI=1S/C16H29N3O3/c1-12-11-17-7-10-19(12)14(20)13-5-8-18(9-6-13)15(21)22-16(2,3)4/h12-13,17H,5-11H2,1-4H3/t12-/m0/s1/i1D3,2D,5D2,6D2,7D2,8D2,9D2,10D2,11D2,12D,13D/hD. The van der Waals surface area contributed by atoms with Gasteiger partial charge in [0.05, 0.1) is 4.11 Å². The predicted octanol–water partition coefficient (Wildman–Crippen LogP) is 1.45. The first kappa shape index (κ1) is 4.41. The van der Waals surface area contributed by atoms with Crippen LogP contribution in [0.2, 0.25) is 1.41 Å². The van der Waals surface area contributed by atoms with Gasteiger partial charge in [-0.25, -0.2) is 4.79 Å². The number of carbonyl (C=O) groups is 2. The smallest absolute Gasteiger partial charge is 0.410 e. The first-order valence-electron chi connectivity index (χ1n) is 16.6. The predicted molar refractivity (Wildman–Crippen MR) is 84.6 cm³/mol. The van der Waals surface area contributed by atoms with Crippen molar-refractivity contribution in [1.29, 1.82) is 0 Å². The van der Waals surface area contributed by atoms with E-state index in [-0.39, 0.29) is 0 Å². The molecule has 0 aromatic carbocycles. The van der Waals surface area contributed by atoms with E-state index in [0.717, 1.165) is 13.8 Å². The Hall–Kier alpha value is -1.30. The van der Waals surface area contributed by atoms with Gasteiger partial charge in [0, 0.05) is 67.7 Å². The van der Waals surface area contributed by atoms with E-state index in [1.54, 1.807) is 0 Å². The average molecular weight is 333 g/mol. The van der Waals surface area contributed by atoms with Gasteiger partial charge in [-0.05, 0) is 40.3 Å². The minimum Gasteiger partial charge on any atom is -0.444 e. The molecule has 0 radical (unpaired) electrons. The van der Waals surface area contributed by atoms with Gasteiger partial charge in [-0.2, -0.15) is 0 Å². The summed E-state index contributed by atoms with van der Waals surface area (Å²) in [5, 5.41) is -0.922. The molecule has 6 nitrogen and oxygen atoms in total. The second-order valence-electron chi connectivity index (χ2n) is 4.75. The maximum absolute atomic E-state index is 14.1. The molecule has 2 aliphatic rings. The van der Waals surface area contributed by atoms with Crippen molar-refractivity contribution in [2.45, 2.75) is 52.0 Å². The third-order valence-electron chi connectivity index (χ3n) is 2.15. The summed E-state index contributed by atoms with van der Waals surface area (Å²) in [4.78, 5) is 25.2. The largest absolute Gasteiger partial charge is 0.444 e. The first-order valence-corrected chi connectivity index (χ1v) is 5.96. The van der Waals surface area contributed by atoms with E-state index in [1.807, 2.05) is 0 Å². The zero-order valence-electron chi connectivity index (χ0n) is 32.8. The van der Waals surface area contributed by atoms with Gasteiger partial charge in [-0.15, -0.1) is 0 Å². The van der Waals surface area contributed by atoms with E-state index >= 15 is 0 Å². The van der Waals surface area contributed by atoms with E-state index in [2.05, 4.69) is 0 Å². The zero-order valence-corrected chi connectivity index (χ0v) is 11.8. The highest BCUT2D eigenvalue weighted by Gasteiger charge is 2.33. The van der Waals surface area contributed by atoms with Crippen LogP contribution in [0.4, 0.5) is 4.79 Å². The van der Waals surface area contributed by atoms with E-state index in [4.69, 9.17) is 33.6 Å². The summed E-state index contributed by atoms with van der Waals surface area (Å²) in [6.07, 6.45) is -11.2. The van der Waals surface area contributed by atoms with Gasteiger partial charge in [0.25, 0.3) is 0 Å². The summed E-state index contributed by atoms with van der Waals surface area (Å²) < 4.78 is 176. The van der Waals surface area contributed by atoms with E-state index in [9.17, 15) is 9.59 Å². The van der Waals surface area contributed by atoms with E-state index < -0.39 is 104 Å². The fourth-order valence-corrected chi connectivity index (χ4v) is 1.29.